The van der Waals surface area contributed by atoms with Crippen molar-refractivity contribution in [2.45, 2.75) is 51.6 Å². The molecule has 1 rings (SSSR count). The van der Waals surface area contributed by atoms with E-state index in [4.69, 9.17) is 9.47 Å². The Bertz CT molecular complexity index is 569. The molecule has 1 fully saturated rings. The number of hydrogen-bond donors (Lipinski definition) is 1. The summed E-state index contributed by atoms with van der Waals surface area (Å²) in [6, 6.07) is -0.00377. The van der Waals surface area contributed by atoms with Crippen LogP contribution in [0.3, 0.4) is 0 Å². The first-order valence-corrected chi connectivity index (χ1v) is 10.6. The number of rotatable bonds is 13. The molecule has 2 amide bonds. The van der Waals surface area contributed by atoms with Crippen molar-refractivity contribution in [1.29, 1.82) is 0 Å². The van der Waals surface area contributed by atoms with E-state index in [-0.39, 0.29) is 49.5 Å². The molecule has 1 saturated heterocycles. The molecule has 0 spiro atoms. The molecule has 2 atom stereocenters. The van der Waals surface area contributed by atoms with Gasteiger partial charge in [-0.2, -0.15) is 11.8 Å². The molecule has 8 nitrogen and oxygen atoms in total. The molecule has 1 aliphatic heterocycles. The third-order valence-corrected chi connectivity index (χ3v) is 5.26. The van der Waals surface area contributed by atoms with Gasteiger partial charge in [0.25, 0.3) is 0 Å². The number of esters is 2. The third-order valence-electron chi connectivity index (χ3n) is 4.14. The molecule has 158 valence electrons. The molecule has 1 aliphatic rings. The molecule has 28 heavy (non-hydrogen) atoms. The zero-order valence-electron chi connectivity index (χ0n) is 16.6. The number of nitrogens with zero attached hydrogens (tertiary/aromatic N) is 1. The smallest absolute Gasteiger partial charge is 0.330 e. The maximum Gasteiger partial charge on any atom is 0.330 e. The number of likely N-dealkylation sites (tertiary alicyclic amines) is 1. The fraction of sp³-hybridized carbons (Fsp3) is 0.684. The lowest BCUT2D eigenvalue weighted by molar-refractivity contribution is -0.149. The highest BCUT2D eigenvalue weighted by Gasteiger charge is 2.29. The number of nitrogens with one attached hydrogen (secondary N) is 1. The Morgan fingerprint density at radius 3 is 2.64 bits per heavy atom. The van der Waals surface area contributed by atoms with E-state index in [0.717, 1.165) is 19.0 Å². The molecule has 9 heteroatoms. The van der Waals surface area contributed by atoms with E-state index in [1.165, 1.54) is 6.92 Å². The predicted molar refractivity (Wildman–Crippen MR) is 107 cm³/mol. The molecule has 0 saturated carbocycles. The van der Waals surface area contributed by atoms with Crippen LogP contribution in [0.25, 0.3) is 0 Å². The van der Waals surface area contributed by atoms with Crippen LogP contribution in [0.15, 0.2) is 12.7 Å². The largest absolute Gasteiger partial charge is 0.462 e. The molecule has 0 bridgehead atoms. The van der Waals surface area contributed by atoms with Gasteiger partial charge < -0.3 is 19.7 Å². The molecule has 0 aromatic carbocycles. The van der Waals surface area contributed by atoms with Crippen molar-refractivity contribution in [3.8, 4) is 0 Å². The summed E-state index contributed by atoms with van der Waals surface area (Å²) in [6.07, 6.45) is 3.39. The van der Waals surface area contributed by atoms with Crippen LogP contribution < -0.4 is 5.32 Å². The van der Waals surface area contributed by atoms with Gasteiger partial charge in [-0.25, -0.2) is 4.79 Å². The zero-order valence-corrected chi connectivity index (χ0v) is 17.4. The SMILES string of the molecule is C=CC(=O)OCCOC(=O)CCSCC(CC(C)NC(C)=O)N1CCCC1=O. The van der Waals surface area contributed by atoms with Gasteiger partial charge in [0.1, 0.15) is 13.2 Å². The Hall–Kier alpha value is -2.03. The molecule has 1 N–H and O–H groups in total. The summed E-state index contributed by atoms with van der Waals surface area (Å²) in [5.41, 5.74) is 0. The minimum Gasteiger partial charge on any atom is -0.462 e. The van der Waals surface area contributed by atoms with Crippen LogP contribution in [-0.4, -0.2) is 72.0 Å². The van der Waals surface area contributed by atoms with E-state index < -0.39 is 5.97 Å². The fourth-order valence-corrected chi connectivity index (χ4v) is 4.02. The Labute approximate surface area is 170 Å². The van der Waals surface area contributed by atoms with Gasteiger partial charge in [-0.3, -0.25) is 14.4 Å². The summed E-state index contributed by atoms with van der Waals surface area (Å²) >= 11 is 1.58. The second-order valence-corrected chi connectivity index (χ2v) is 7.75. The summed E-state index contributed by atoms with van der Waals surface area (Å²) in [7, 11) is 0. The van der Waals surface area contributed by atoms with Crippen LogP contribution in [0, 0.1) is 0 Å². The average Bonchev–Trinajstić information content (AvgIpc) is 3.06. The van der Waals surface area contributed by atoms with Crippen LogP contribution in [-0.2, 0) is 28.7 Å². The van der Waals surface area contributed by atoms with E-state index in [2.05, 4.69) is 11.9 Å². The number of ether oxygens (including phenoxy) is 2. The van der Waals surface area contributed by atoms with Crippen molar-refractivity contribution in [1.82, 2.24) is 10.2 Å². The van der Waals surface area contributed by atoms with Gasteiger partial charge in [0.05, 0.1) is 6.42 Å². The van der Waals surface area contributed by atoms with Gasteiger partial charge in [0.15, 0.2) is 0 Å². The van der Waals surface area contributed by atoms with E-state index in [9.17, 15) is 19.2 Å². The molecule has 2 unspecified atom stereocenters. The number of carbonyl (C=O) groups excluding carboxylic acids is 4. The van der Waals surface area contributed by atoms with Gasteiger partial charge in [-0.1, -0.05) is 6.58 Å². The quantitative estimate of drug-likeness (QED) is 0.275. The molecule has 0 radical (unpaired) electrons. The number of hydrogen-bond acceptors (Lipinski definition) is 7. The Balaban J connectivity index is 2.32. The lowest BCUT2D eigenvalue weighted by Gasteiger charge is -2.30. The standard InChI is InChI=1S/C19H30N2O6S/c1-4-18(24)26-9-10-27-19(25)7-11-28-13-16(12-14(2)20-15(3)22)21-8-5-6-17(21)23/h4,14,16H,1,5-13H2,2-3H3,(H,20,22). The molecular formula is C19H30N2O6S. The maximum absolute atomic E-state index is 12.1. The van der Waals surface area contributed by atoms with Crippen LogP contribution in [0.1, 0.15) is 39.5 Å². The maximum atomic E-state index is 12.1. The summed E-state index contributed by atoms with van der Waals surface area (Å²) in [4.78, 5) is 47.8. The summed E-state index contributed by atoms with van der Waals surface area (Å²) < 4.78 is 9.72. The first kappa shape index (κ1) is 24.0. The van der Waals surface area contributed by atoms with E-state index in [1.807, 2.05) is 11.8 Å². The normalized spacial score (nSPS) is 15.6. The minimum absolute atomic E-state index is 0.00389. The van der Waals surface area contributed by atoms with Crippen molar-refractivity contribution in [2.75, 3.05) is 31.3 Å². The van der Waals surface area contributed by atoms with Crippen molar-refractivity contribution in [3.63, 3.8) is 0 Å². The lowest BCUT2D eigenvalue weighted by Crippen LogP contribution is -2.43. The first-order valence-electron chi connectivity index (χ1n) is 9.42. The van der Waals surface area contributed by atoms with E-state index in [1.54, 1.807) is 11.8 Å². The van der Waals surface area contributed by atoms with Crippen molar-refractivity contribution in [2.24, 2.45) is 0 Å². The molecule has 0 aliphatic carbocycles. The molecule has 0 aromatic heterocycles. The number of carbonyl (C=O) groups is 4. The summed E-state index contributed by atoms with van der Waals surface area (Å²) in [5.74, 6) is 0.408. The first-order chi connectivity index (χ1) is 13.3. The Kier molecular flexibility index (Phi) is 11.3. The highest BCUT2D eigenvalue weighted by molar-refractivity contribution is 7.99. The zero-order chi connectivity index (χ0) is 20.9. The highest BCUT2D eigenvalue weighted by Crippen LogP contribution is 2.21. The lowest BCUT2D eigenvalue weighted by atomic mass is 10.1. The highest BCUT2D eigenvalue weighted by atomic mass is 32.2. The second kappa shape index (κ2) is 13.2. The van der Waals surface area contributed by atoms with Crippen molar-refractivity contribution >= 4 is 35.5 Å². The Morgan fingerprint density at radius 2 is 2.04 bits per heavy atom. The molecule has 0 aromatic rings. The van der Waals surface area contributed by atoms with Crippen LogP contribution in [0.2, 0.25) is 0 Å². The van der Waals surface area contributed by atoms with Gasteiger partial charge in [0.2, 0.25) is 11.8 Å². The average molecular weight is 415 g/mol. The second-order valence-electron chi connectivity index (χ2n) is 6.60. The van der Waals surface area contributed by atoms with Gasteiger partial charge in [-0.15, -0.1) is 0 Å². The minimum atomic E-state index is -0.553. The van der Waals surface area contributed by atoms with Crippen LogP contribution in [0.4, 0.5) is 0 Å². The van der Waals surface area contributed by atoms with Gasteiger partial charge in [-0.05, 0) is 19.8 Å². The fourth-order valence-electron chi connectivity index (χ4n) is 2.96. The van der Waals surface area contributed by atoms with E-state index in [0.29, 0.717) is 24.3 Å². The van der Waals surface area contributed by atoms with Gasteiger partial charge >= 0.3 is 11.9 Å². The van der Waals surface area contributed by atoms with Crippen LogP contribution in [0.5, 0.6) is 0 Å². The van der Waals surface area contributed by atoms with Crippen LogP contribution >= 0.6 is 11.8 Å². The van der Waals surface area contributed by atoms with Gasteiger partial charge in [0, 0.05) is 49.6 Å². The number of thioether (sulfide) groups is 1. The summed E-state index contributed by atoms with van der Waals surface area (Å²) in [5, 5.41) is 2.86. The third kappa shape index (κ3) is 9.77. The monoisotopic (exact) mass is 414 g/mol. The van der Waals surface area contributed by atoms with Crippen molar-refractivity contribution < 1.29 is 28.7 Å². The number of amides is 2. The van der Waals surface area contributed by atoms with Crippen molar-refractivity contribution in [3.05, 3.63) is 12.7 Å². The summed E-state index contributed by atoms with van der Waals surface area (Å²) in [6.45, 7) is 7.44. The molecule has 1 heterocycles. The molecular weight excluding hydrogens is 384 g/mol. The topological polar surface area (TPSA) is 102 Å². The Morgan fingerprint density at radius 1 is 1.32 bits per heavy atom. The predicted octanol–water partition coefficient (Wildman–Crippen LogP) is 1.29. The van der Waals surface area contributed by atoms with E-state index >= 15 is 0 Å².